The smallest absolute Gasteiger partial charge is 0.239 e. The van der Waals surface area contributed by atoms with Gasteiger partial charge in [-0.05, 0) is 59.9 Å². The molecule has 0 bridgehead atoms. The molecule has 2 aromatic rings. The fourth-order valence-corrected chi connectivity index (χ4v) is 7.59. The molecule has 0 aliphatic rings. The van der Waals surface area contributed by atoms with Crippen molar-refractivity contribution in [3.63, 3.8) is 0 Å². The third kappa shape index (κ3) is 8.88. The van der Waals surface area contributed by atoms with Crippen LogP contribution in [0.3, 0.4) is 0 Å². The van der Waals surface area contributed by atoms with Gasteiger partial charge in [0.1, 0.15) is 5.25 Å². The molecule has 2 N–H and O–H groups in total. The highest BCUT2D eigenvalue weighted by atomic mass is 32.2. The van der Waals surface area contributed by atoms with Crippen LogP contribution >= 0.6 is 0 Å². The minimum absolute atomic E-state index is 0.0955. The molecule has 2 rings (SSSR count). The van der Waals surface area contributed by atoms with Gasteiger partial charge in [-0.15, -0.1) is 0 Å². The summed E-state index contributed by atoms with van der Waals surface area (Å²) in [6.07, 6.45) is 0.417. The van der Waals surface area contributed by atoms with Crippen LogP contribution in [0.15, 0.2) is 70.6 Å². The number of nitrogens with zero attached hydrogens (tertiary/aromatic N) is 1. The molecule has 1 atom stereocenters. The van der Waals surface area contributed by atoms with Crippen LogP contribution in [-0.2, 0) is 20.0 Å². The van der Waals surface area contributed by atoms with E-state index in [1.165, 1.54) is 0 Å². The lowest BCUT2D eigenvalue weighted by Gasteiger charge is -2.27. The lowest BCUT2D eigenvalue weighted by atomic mass is 10.0. The van der Waals surface area contributed by atoms with Crippen molar-refractivity contribution >= 4 is 31.5 Å². The number of hydrogen-bond donors (Lipinski definition) is 2. The van der Waals surface area contributed by atoms with E-state index in [1.807, 2.05) is 24.3 Å². The molecule has 1 unspecified atom stereocenters. The molecule has 0 fully saturated rings. The van der Waals surface area contributed by atoms with Crippen molar-refractivity contribution in [2.45, 2.75) is 84.6 Å². The molecule has 0 radical (unpaired) electrons. The summed E-state index contributed by atoms with van der Waals surface area (Å²) < 4.78 is 59.8. The Balaban J connectivity index is 2.98. The van der Waals surface area contributed by atoms with Gasteiger partial charge in [0, 0.05) is 16.6 Å². The maximum absolute atomic E-state index is 13.6. The molecule has 0 saturated heterocycles. The van der Waals surface area contributed by atoms with E-state index in [0.29, 0.717) is 11.1 Å². The molecule has 0 aliphatic carbocycles. The Hall–Kier alpha value is -2.33. The fourth-order valence-electron chi connectivity index (χ4n) is 3.94. The van der Waals surface area contributed by atoms with Gasteiger partial charge in [-0.1, -0.05) is 74.5 Å². The summed E-state index contributed by atoms with van der Waals surface area (Å²) in [5.41, 5.74) is 0.306. The van der Waals surface area contributed by atoms with Crippen molar-refractivity contribution in [1.29, 1.82) is 0 Å². The van der Waals surface area contributed by atoms with Crippen LogP contribution in [0.1, 0.15) is 79.4 Å². The molecule has 0 amide bonds. The number of allylic oxidation sites excluding steroid dienone is 1. The zero-order valence-corrected chi connectivity index (χ0v) is 24.8. The Morgan fingerprint density at radius 1 is 0.757 bits per heavy atom. The predicted octanol–water partition coefficient (Wildman–Crippen LogP) is 5.47. The van der Waals surface area contributed by atoms with Crippen molar-refractivity contribution in [2.24, 2.45) is 4.99 Å². The first kappa shape index (κ1) is 30.9. The van der Waals surface area contributed by atoms with Crippen molar-refractivity contribution in [2.75, 3.05) is 0 Å². The fraction of sp³-hybridized carbons (Fsp3) is 0.464. The SMILES string of the molecule is CC/C(=C(\N=C(c1ccccc1)C(CC)S(=O)(=O)NC(C)(C)C)c1ccccc1)S(=O)(=O)NC(C)(C)C. The Morgan fingerprint density at radius 2 is 1.22 bits per heavy atom. The number of nitrogens with one attached hydrogen (secondary N) is 2. The number of hydrogen-bond acceptors (Lipinski definition) is 5. The summed E-state index contributed by atoms with van der Waals surface area (Å²) in [5, 5.41) is -1.01. The first-order valence-electron chi connectivity index (χ1n) is 12.5. The second kappa shape index (κ2) is 12.0. The van der Waals surface area contributed by atoms with Crippen molar-refractivity contribution < 1.29 is 16.8 Å². The van der Waals surface area contributed by atoms with Gasteiger partial charge in [-0.3, -0.25) is 0 Å². The Bertz CT molecular complexity index is 1320. The summed E-state index contributed by atoms with van der Waals surface area (Å²) in [6, 6.07) is 18.1. The molecule has 0 aromatic heterocycles. The van der Waals surface area contributed by atoms with E-state index in [4.69, 9.17) is 4.99 Å². The summed E-state index contributed by atoms with van der Waals surface area (Å²) in [6.45, 7) is 14.2. The molecule has 2 aromatic carbocycles. The average Bonchev–Trinajstić information content (AvgIpc) is 2.76. The molecule has 204 valence electrons. The number of sulfonamides is 2. The van der Waals surface area contributed by atoms with Gasteiger partial charge in [0.05, 0.1) is 16.3 Å². The summed E-state index contributed by atoms with van der Waals surface area (Å²) >= 11 is 0. The van der Waals surface area contributed by atoms with Crippen LogP contribution in [-0.4, -0.2) is 38.9 Å². The minimum Gasteiger partial charge on any atom is -0.250 e. The van der Waals surface area contributed by atoms with E-state index in [1.54, 1.807) is 91.8 Å². The molecule has 0 saturated carbocycles. The first-order chi connectivity index (χ1) is 17.0. The molecule has 0 heterocycles. The number of benzene rings is 2. The minimum atomic E-state index is -3.94. The Labute approximate surface area is 223 Å². The van der Waals surface area contributed by atoms with E-state index < -0.39 is 36.4 Å². The highest BCUT2D eigenvalue weighted by Crippen LogP contribution is 2.29. The molecular formula is C28H41N3O4S2. The van der Waals surface area contributed by atoms with Crippen molar-refractivity contribution in [3.8, 4) is 0 Å². The van der Waals surface area contributed by atoms with Gasteiger partial charge in [0.2, 0.25) is 20.0 Å². The van der Waals surface area contributed by atoms with Crippen LogP contribution in [0.2, 0.25) is 0 Å². The molecule has 7 nitrogen and oxygen atoms in total. The second-order valence-corrected chi connectivity index (χ2v) is 14.6. The number of rotatable bonds is 10. The maximum atomic E-state index is 13.6. The van der Waals surface area contributed by atoms with E-state index in [2.05, 4.69) is 9.44 Å². The maximum Gasteiger partial charge on any atom is 0.239 e. The Kier molecular flexibility index (Phi) is 10.0. The van der Waals surface area contributed by atoms with Gasteiger partial charge in [0.15, 0.2) is 0 Å². The Morgan fingerprint density at radius 3 is 1.62 bits per heavy atom. The lowest BCUT2D eigenvalue weighted by molar-refractivity contribution is 0.487. The van der Waals surface area contributed by atoms with Gasteiger partial charge in [-0.2, -0.15) is 0 Å². The van der Waals surface area contributed by atoms with Crippen LogP contribution in [0.4, 0.5) is 0 Å². The second-order valence-electron chi connectivity index (χ2n) is 11.0. The zero-order chi connectivity index (χ0) is 28.1. The van der Waals surface area contributed by atoms with Crippen molar-refractivity contribution in [1.82, 2.24) is 9.44 Å². The van der Waals surface area contributed by atoms with Crippen LogP contribution in [0.25, 0.3) is 5.70 Å². The molecule has 0 spiro atoms. The van der Waals surface area contributed by atoms with Crippen LogP contribution in [0, 0.1) is 0 Å². The van der Waals surface area contributed by atoms with Crippen LogP contribution < -0.4 is 9.44 Å². The lowest BCUT2D eigenvalue weighted by Crippen LogP contribution is -2.48. The quantitative estimate of drug-likeness (QED) is 0.385. The topological polar surface area (TPSA) is 105 Å². The third-order valence-corrected chi connectivity index (χ3v) is 9.41. The normalized spacial score (nSPS) is 15.3. The van der Waals surface area contributed by atoms with E-state index in [-0.39, 0.29) is 29.2 Å². The van der Waals surface area contributed by atoms with Crippen LogP contribution in [0.5, 0.6) is 0 Å². The highest BCUT2D eigenvalue weighted by molar-refractivity contribution is 7.93. The summed E-state index contributed by atoms with van der Waals surface area (Å²) in [7, 11) is -7.82. The average molecular weight is 548 g/mol. The van der Waals surface area contributed by atoms with Gasteiger partial charge >= 0.3 is 0 Å². The highest BCUT2D eigenvalue weighted by Gasteiger charge is 2.34. The largest absolute Gasteiger partial charge is 0.250 e. The molecule has 9 heteroatoms. The van der Waals surface area contributed by atoms with Gasteiger partial charge < -0.3 is 0 Å². The number of aliphatic imine (C=N–C) groups is 1. The van der Waals surface area contributed by atoms with Crippen molar-refractivity contribution in [3.05, 3.63) is 76.7 Å². The summed E-state index contributed by atoms with van der Waals surface area (Å²) in [4.78, 5) is 5.00. The van der Waals surface area contributed by atoms with E-state index in [0.717, 1.165) is 0 Å². The monoisotopic (exact) mass is 547 g/mol. The zero-order valence-electron chi connectivity index (χ0n) is 23.2. The molecular weight excluding hydrogens is 506 g/mol. The van der Waals surface area contributed by atoms with E-state index in [9.17, 15) is 16.8 Å². The van der Waals surface area contributed by atoms with Gasteiger partial charge in [0.25, 0.3) is 0 Å². The standard InChI is InChI=1S/C28H41N3O4S2/c1-9-23(36(32,33)30-27(3,4)5)25(21-17-13-11-14-18-21)29-26(22-19-15-12-16-20-22)24(10-2)37(34,35)31-28(6,7)8/h11-20,23,30-31H,9-10H2,1-8H3/b26-24+,29-25?. The molecule has 37 heavy (non-hydrogen) atoms. The van der Waals surface area contributed by atoms with E-state index >= 15 is 0 Å². The first-order valence-corrected chi connectivity index (χ1v) is 15.5. The molecule has 0 aliphatic heterocycles. The predicted molar refractivity (Wildman–Crippen MR) is 154 cm³/mol. The van der Waals surface area contributed by atoms with Gasteiger partial charge in [-0.25, -0.2) is 31.3 Å². The third-order valence-electron chi connectivity index (χ3n) is 5.20. The summed E-state index contributed by atoms with van der Waals surface area (Å²) in [5.74, 6) is 0.